The van der Waals surface area contributed by atoms with Gasteiger partial charge in [-0.1, -0.05) is 36.4 Å². The second-order valence-electron chi connectivity index (χ2n) is 5.17. The van der Waals surface area contributed by atoms with E-state index in [0.29, 0.717) is 5.56 Å². The van der Waals surface area contributed by atoms with Crippen molar-refractivity contribution in [3.05, 3.63) is 65.7 Å². The Balaban J connectivity index is 2.15. The summed E-state index contributed by atoms with van der Waals surface area (Å²) in [5.41, 5.74) is 4.48. The van der Waals surface area contributed by atoms with Crippen molar-refractivity contribution in [1.29, 1.82) is 5.26 Å². The van der Waals surface area contributed by atoms with E-state index in [0.717, 1.165) is 22.3 Å². The van der Waals surface area contributed by atoms with Crippen LogP contribution in [0.15, 0.2) is 54.6 Å². The SMILES string of the molecule is COC1C=C(c2cc(C#N)ccc2-c2ccccc2)C(OC)O1. The van der Waals surface area contributed by atoms with Gasteiger partial charge in [0.1, 0.15) is 0 Å². The summed E-state index contributed by atoms with van der Waals surface area (Å²) in [6, 6.07) is 17.9. The van der Waals surface area contributed by atoms with E-state index < -0.39 is 12.6 Å². The van der Waals surface area contributed by atoms with Crippen LogP contribution < -0.4 is 0 Å². The molecule has 0 fully saturated rings. The normalized spacial score (nSPS) is 20.1. The van der Waals surface area contributed by atoms with Crippen molar-refractivity contribution in [2.24, 2.45) is 0 Å². The zero-order valence-electron chi connectivity index (χ0n) is 13.0. The molecule has 2 unspecified atom stereocenters. The number of methoxy groups -OCH3 is 2. The Hall–Kier alpha value is -2.45. The Kier molecular flexibility index (Phi) is 4.54. The molecule has 0 aliphatic carbocycles. The first-order valence-corrected chi connectivity index (χ1v) is 7.29. The summed E-state index contributed by atoms with van der Waals surface area (Å²) in [4.78, 5) is 0. The standard InChI is InChI=1S/C19H17NO3/c1-21-18-11-17(19(22-2)23-18)16-10-13(12-20)8-9-15(16)14-6-4-3-5-7-14/h3-11,18-19H,1-2H3. The quantitative estimate of drug-likeness (QED) is 0.866. The zero-order valence-corrected chi connectivity index (χ0v) is 13.0. The predicted octanol–water partition coefficient (Wildman–Crippen LogP) is 3.58. The molecule has 0 saturated carbocycles. The highest BCUT2D eigenvalue weighted by molar-refractivity contribution is 5.84. The fraction of sp³-hybridized carbons (Fsp3) is 0.211. The van der Waals surface area contributed by atoms with Gasteiger partial charge in [0.05, 0.1) is 11.6 Å². The van der Waals surface area contributed by atoms with Crippen molar-refractivity contribution in [3.8, 4) is 17.2 Å². The van der Waals surface area contributed by atoms with Gasteiger partial charge in [0.15, 0.2) is 12.6 Å². The molecule has 4 nitrogen and oxygen atoms in total. The van der Waals surface area contributed by atoms with E-state index in [2.05, 4.69) is 6.07 Å². The van der Waals surface area contributed by atoms with Crippen LogP contribution in [0.25, 0.3) is 16.7 Å². The van der Waals surface area contributed by atoms with E-state index >= 15 is 0 Å². The first-order chi connectivity index (χ1) is 11.3. The summed E-state index contributed by atoms with van der Waals surface area (Å²) < 4.78 is 16.3. The lowest BCUT2D eigenvalue weighted by atomic mass is 9.92. The molecule has 0 aromatic heterocycles. The monoisotopic (exact) mass is 307 g/mol. The molecule has 2 aromatic rings. The zero-order chi connectivity index (χ0) is 16.2. The molecule has 1 aliphatic rings. The summed E-state index contributed by atoms with van der Waals surface area (Å²) in [6.07, 6.45) is 0.914. The van der Waals surface area contributed by atoms with Gasteiger partial charge in [-0.25, -0.2) is 0 Å². The minimum atomic E-state index is -0.517. The van der Waals surface area contributed by atoms with Crippen LogP contribution in [-0.2, 0) is 14.2 Å². The molecule has 0 saturated heterocycles. The van der Waals surface area contributed by atoms with Gasteiger partial charge in [-0.2, -0.15) is 5.26 Å². The molecule has 116 valence electrons. The fourth-order valence-corrected chi connectivity index (χ4v) is 2.70. The van der Waals surface area contributed by atoms with Crippen molar-refractivity contribution < 1.29 is 14.2 Å². The highest BCUT2D eigenvalue weighted by Crippen LogP contribution is 2.36. The average Bonchev–Trinajstić information content (AvgIpc) is 3.05. The molecule has 4 heteroatoms. The smallest absolute Gasteiger partial charge is 0.187 e. The summed E-state index contributed by atoms with van der Waals surface area (Å²) in [7, 11) is 3.17. The molecular weight excluding hydrogens is 290 g/mol. The van der Waals surface area contributed by atoms with E-state index in [4.69, 9.17) is 14.2 Å². The van der Waals surface area contributed by atoms with Crippen LogP contribution in [0.2, 0.25) is 0 Å². The Labute approximate surface area is 135 Å². The van der Waals surface area contributed by atoms with Crippen LogP contribution in [-0.4, -0.2) is 26.8 Å². The number of nitriles is 1. The maximum absolute atomic E-state index is 9.23. The van der Waals surface area contributed by atoms with Gasteiger partial charge >= 0.3 is 0 Å². The van der Waals surface area contributed by atoms with Crippen molar-refractivity contribution >= 4 is 5.57 Å². The fourth-order valence-electron chi connectivity index (χ4n) is 2.70. The highest BCUT2D eigenvalue weighted by Gasteiger charge is 2.29. The van der Waals surface area contributed by atoms with Gasteiger partial charge in [-0.3, -0.25) is 0 Å². The minimum Gasteiger partial charge on any atom is -0.352 e. The van der Waals surface area contributed by atoms with Gasteiger partial charge in [0.25, 0.3) is 0 Å². The molecule has 23 heavy (non-hydrogen) atoms. The lowest BCUT2D eigenvalue weighted by molar-refractivity contribution is -0.170. The lowest BCUT2D eigenvalue weighted by Crippen LogP contribution is -2.17. The van der Waals surface area contributed by atoms with Crippen LogP contribution in [0.4, 0.5) is 0 Å². The lowest BCUT2D eigenvalue weighted by Gasteiger charge is -2.17. The third-order valence-corrected chi connectivity index (χ3v) is 3.82. The summed E-state index contributed by atoms with van der Waals surface area (Å²) in [5, 5.41) is 9.23. The number of ether oxygens (including phenoxy) is 3. The molecule has 0 amide bonds. The van der Waals surface area contributed by atoms with E-state index in [9.17, 15) is 5.26 Å². The topological polar surface area (TPSA) is 51.5 Å². The van der Waals surface area contributed by atoms with Gasteiger partial charge in [0.2, 0.25) is 0 Å². The summed E-state index contributed by atoms with van der Waals surface area (Å²) in [5.74, 6) is 0. The molecular formula is C19H17NO3. The first kappa shape index (κ1) is 15.4. The van der Waals surface area contributed by atoms with Crippen molar-refractivity contribution in [3.63, 3.8) is 0 Å². The van der Waals surface area contributed by atoms with Crippen molar-refractivity contribution in [2.45, 2.75) is 12.6 Å². The maximum Gasteiger partial charge on any atom is 0.187 e. The third kappa shape index (κ3) is 3.03. The van der Waals surface area contributed by atoms with Crippen LogP contribution in [0, 0.1) is 11.3 Å². The number of hydrogen-bond donors (Lipinski definition) is 0. The number of nitrogens with zero attached hydrogens (tertiary/aromatic N) is 1. The Morgan fingerprint density at radius 2 is 1.78 bits per heavy atom. The van der Waals surface area contributed by atoms with Crippen molar-refractivity contribution in [2.75, 3.05) is 14.2 Å². The van der Waals surface area contributed by atoms with Crippen LogP contribution >= 0.6 is 0 Å². The van der Waals surface area contributed by atoms with Gasteiger partial charge in [-0.05, 0) is 34.9 Å². The Bertz CT molecular complexity index is 762. The van der Waals surface area contributed by atoms with E-state index in [1.54, 1.807) is 14.2 Å². The predicted molar refractivity (Wildman–Crippen MR) is 87.2 cm³/mol. The van der Waals surface area contributed by atoms with Gasteiger partial charge < -0.3 is 14.2 Å². The largest absolute Gasteiger partial charge is 0.352 e. The maximum atomic E-state index is 9.23. The first-order valence-electron chi connectivity index (χ1n) is 7.29. The molecule has 0 spiro atoms. The second kappa shape index (κ2) is 6.76. The second-order valence-corrected chi connectivity index (χ2v) is 5.17. The molecule has 0 N–H and O–H groups in total. The highest BCUT2D eigenvalue weighted by atomic mass is 16.8. The average molecular weight is 307 g/mol. The number of benzene rings is 2. The van der Waals surface area contributed by atoms with Crippen LogP contribution in [0.3, 0.4) is 0 Å². The van der Waals surface area contributed by atoms with E-state index in [1.165, 1.54) is 0 Å². The molecule has 1 aliphatic heterocycles. The van der Waals surface area contributed by atoms with Crippen molar-refractivity contribution in [1.82, 2.24) is 0 Å². The minimum absolute atomic E-state index is 0.454. The molecule has 0 radical (unpaired) electrons. The molecule has 2 aromatic carbocycles. The molecule has 3 rings (SSSR count). The van der Waals surface area contributed by atoms with Gasteiger partial charge in [0, 0.05) is 19.8 Å². The molecule has 2 atom stereocenters. The summed E-state index contributed by atoms with van der Waals surface area (Å²) in [6.45, 7) is 0. The Morgan fingerprint density at radius 1 is 1.00 bits per heavy atom. The number of hydrogen-bond acceptors (Lipinski definition) is 4. The Morgan fingerprint density at radius 3 is 2.43 bits per heavy atom. The summed E-state index contributed by atoms with van der Waals surface area (Å²) >= 11 is 0. The van der Waals surface area contributed by atoms with E-state index in [1.807, 2.05) is 54.6 Å². The molecule has 1 heterocycles. The molecule has 0 bridgehead atoms. The van der Waals surface area contributed by atoms with Crippen LogP contribution in [0.5, 0.6) is 0 Å². The van der Waals surface area contributed by atoms with E-state index in [-0.39, 0.29) is 0 Å². The van der Waals surface area contributed by atoms with Crippen LogP contribution in [0.1, 0.15) is 11.1 Å². The third-order valence-electron chi connectivity index (χ3n) is 3.82. The number of rotatable bonds is 4. The van der Waals surface area contributed by atoms with Gasteiger partial charge in [-0.15, -0.1) is 0 Å².